The van der Waals surface area contributed by atoms with E-state index in [0.29, 0.717) is 17.1 Å². The summed E-state index contributed by atoms with van der Waals surface area (Å²) in [6.07, 6.45) is -0.696. The molecule has 0 heterocycles. The topological polar surface area (TPSA) is 92.2 Å². The van der Waals surface area contributed by atoms with Crippen molar-refractivity contribution in [2.24, 2.45) is 10.2 Å². The molecule has 0 atom stereocenters. The molecule has 3 aromatic rings. The van der Waals surface area contributed by atoms with Gasteiger partial charge in [-0.3, -0.25) is 4.79 Å². The van der Waals surface area contributed by atoms with Crippen molar-refractivity contribution in [2.75, 3.05) is 11.9 Å². The molecule has 0 saturated carbocycles. The SMILES string of the molecule is O=C(CNC(=O)Oc1ccccc1)Nc1ccc(N=Nc2ccccc2)cc1. The molecule has 28 heavy (non-hydrogen) atoms. The Kier molecular flexibility index (Phi) is 6.46. The van der Waals surface area contributed by atoms with Gasteiger partial charge in [0.05, 0.1) is 11.4 Å². The van der Waals surface area contributed by atoms with Crippen molar-refractivity contribution in [1.82, 2.24) is 5.32 Å². The number of para-hydroxylation sites is 1. The van der Waals surface area contributed by atoms with Gasteiger partial charge in [-0.2, -0.15) is 10.2 Å². The maximum atomic E-state index is 11.9. The number of nitrogens with zero attached hydrogens (tertiary/aromatic N) is 2. The van der Waals surface area contributed by atoms with Crippen molar-refractivity contribution in [3.8, 4) is 5.75 Å². The molecule has 140 valence electrons. The first kappa shape index (κ1) is 18.8. The second kappa shape index (κ2) is 9.63. The third-order valence-electron chi connectivity index (χ3n) is 3.54. The van der Waals surface area contributed by atoms with Gasteiger partial charge in [-0.05, 0) is 48.5 Å². The monoisotopic (exact) mass is 374 g/mol. The summed E-state index contributed by atoms with van der Waals surface area (Å²) in [5, 5.41) is 13.3. The van der Waals surface area contributed by atoms with Gasteiger partial charge in [-0.25, -0.2) is 4.79 Å². The molecule has 0 spiro atoms. The van der Waals surface area contributed by atoms with Crippen molar-refractivity contribution in [2.45, 2.75) is 0 Å². The van der Waals surface area contributed by atoms with Crippen LogP contribution in [-0.4, -0.2) is 18.5 Å². The van der Waals surface area contributed by atoms with E-state index in [1.54, 1.807) is 48.5 Å². The van der Waals surface area contributed by atoms with Crippen molar-refractivity contribution >= 4 is 29.1 Å². The smallest absolute Gasteiger partial charge is 0.410 e. The number of carbonyl (C=O) groups is 2. The third-order valence-corrected chi connectivity index (χ3v) is 3.54. The first-order chi connectivity index (χ1) is 13.7. The molecular weight excluding hydrogens is 356 g/mol. The van der Waals surface area contributed by atoms with Crippen molar-refractivity contribution in [3.05, 3.63) is 84.9 Å². The highest BCUT2D eigenvalue weighted by Crippen LogP contribution is 2.19. The second-order valence-corrected chi connectivity index (χ2v) is 5.69. The maximum absolute atomic E-state index is 11.9. The summed E-state index contributed by atoms with van der Waals surface area (Å²) in [5.74, 6) is 0.0318. The van der Waals surface area contributed by atoms with Gasteiger partial charge < -0.3 is 15.4 Å². The van der Waals surface area contributed by atoms with Crippen molar-refractivity contribution < 1.29 is 14.3 Å². The Hall–Kier alpha value is -4.00. The molecular formula is C21H18N4O3. The lowest BCUT2D eigenvalue weighted by atomic mass is 10.3. The van der Waals surface area contributed by atoms with E-state index >= 15 is 0 Å². The number of amides is 2. The molecule has 0 aliphatic heterocycles. The lowest BCUT2D eigenvalue weighted by Gasteiger charge is -2.07. The number of ether oxygens (including phenoxy) is 1. The van der Waals surface area contributed by atoms with E-state index in [1.165, 1.54) is 0 Å². The summed E-state index contributed by atoms with van der Waals surface area (Å²) >= 11 is 0. The van der Waals surface area contributed by atoms with Crippen LogP contribution < -0.4 is 15.4 Å². The minimum Gasteiger partial charge on any atom is -0.410 e. The quantitative estimate of drug-likeness (QED) is 0.605. The number of rotatable bonds is 6. The Morgan fingerprint density at radius 1 is 0.750 bits per heavy atom. The molecule has 0 aromatic heterocycles. The van der Waals surface area contributed by atoms with Crippen molar-refractivity contribution in [3.63, 3.8) is 0 Å². The fourth-order valence-corrected chi connectivity index (χ4v) is 2.21. The van der Waals surface area contributed by atoms with Gasteiger partial charge in [0, 0.05) is 5.69 Å². The number of carbonyl (C=O) groups excluding carboxylic acids is 2. The van der Waals surface area contributed by atoms with Gasteiger partial charge in [0.15, 0.2) is 0 Å². The molecule has 3 rings (SSSR count). The fraction of sp³-hybridized carbons (Fsp3) is 0.0476. The molecule has 0 fully saturated rings. The highest BCUT2D eigenvalue weighted by atomic mass is 16.6. The van der Waals surface area contributed by atoms with Crippen LogP contribution in [0, 0.1) is 0 Å². The van der Waals surface area contributed by atoms with Gasteiger partial charge in [0.2, 0.25) is 5.91 Å². The molecule has 0 saturated heterocycles. The summed E-state index contributed by atoms with van der Waals surface area (Å²) in [5.41, 5.74) is 2.00. The first-order valence-corrected chi connectivity index (χ1v) is 8.56. The van der Waals surface area contributed by atoms with Gasteiger partial charge in [-0.15, -0.1) is 0 Å². The molecule has 7 nitrogen and oxygen atoms in total. The number of nitrogens with one attached hydrogen (secondary N) is 2. The maximum Gasteiger partial charge on any atom is 0.413 e. The molecule has 2 amide bonds. The van der Waals surface area contributed by atoms with Crippen LogP contribution in [0.25, 0.3) is 0 Å². The Morgan fingerprint density at radius 2 is 1.32 bits per heavy atom. The zero-order chi connectivity index (χ0) is 19.6. The van der Waals surface area contributed by atoms with E-state index in [9.17, 15) is 9.59 Å². The third kappa shape index (κ3) is 6.06. The second-order valence-electron chi connectivity index (χ2n) is 5.69. The average molecular weight is 374 g/mol. The summed E-state index contributed by atoms with van der Waals surface area (Å²) in [6.45, 7) is -0.207. The van der Waals surface area contributed by atoms with Crippen LogP contribution >= 0.6 is 0 Å². The molecule has 3 aromatic carbocycles. The van der Waals surface area contributed by atoms with E-state index in [0.717, 1.165) is 5.69 Å². The number of azo groups is 1. The number of hydrogen-bond donors (Lipinski definition) is 2. The number of hydrogen-bond acceptors (Lipinski definition) is 5. The molecule has 0 aliphatic carbocycles. The fourth-order valence-electron chi connectivity index (χ4n) is 2.21. The normalized spacial score (nSPS) is 10.4. The Labute approximate surface area is 162 Å². The minimum absolute atomic E-state index is 0.207. The predicted octanol–water partition coefficient (Wildman–Crippen LogP) is 4.83. The summed E-state index contributed by atoms with van der Waals surface area (Å²) in [4.78, 5) is 23.6. The standard InChI is InChI=1S/C21H18N4O3/c26-20(15-22-21(27)28-19-9-5-2-6-10-19)23-16-11-13-18(14-12-16)25-24-17-7-3-1-4-8-17/h1-14H,15H2,(H,22,27)(H,23,26). The van der Waals surface area contributed by atoms with Gasteiger partial charge in [0.1, 0.15) is 12.3 Å². The van der Waals surface area contributed by atoms with E-state index in [2.05, 4.69) is 20.9 Å². The molecule has 0 radical (unpaired) electrons. The van der Waals surface area contributed by atoms with Gasteiger partial charge in [0.25, 0.3) is 0 Å². The van der Waals surface area contributed by atoms with Crippen LogP contribution in [0.1, 0.15) is 0 Å². The molecule has 2 N–H and O–H groups in total. The van der Waals surface area contributed by atoms with Crippen LogP contribution in [0.15, 0.2) is 95.2 Å². The molecule has 0 bridgehead atoms. The van der Waals surface area contributed by atoms with Crippen LogP contribution in [0.4, 0.5) is 21.9 Å². The van der Waals surface area contributed by atoms with Crippen LogP contribution in [0.5, 0.6) is 5.75 Å². The van der Waals surface area contributed by atoms with Crippen LogP contribution in [0.2, 0.25) is 0 Å². The highest BCUT2D eigenvalue weighted by molar-refractivity contribution is 5.94. The summed E-state index contributed by atoms with van der Waals surface area (Å²) in [6, 6.07) is 24.9. The predicted molar refractivity (Wildman–Crippen MR) is 106 cm³/mol. The lowest BCUT2D eigenvalue weighted by Crippen LogP contribution is -2.34. The van der Waals surface area contributed by atoms with Crippen LogP contribution in [0.3, 0.4) is 0 Å². The lowest BCUT2D eigenvalue weighted by molar-refractivity contribution is -0.115. The zero-order valence-corrected chi connectivity index (χ0v) is 14.9. The zero-order valence-electron chi connectivity index (χ0n) is 14.9. The summed E-state index contributed by atoms with van der Waals surface area (Å²) in [7, 11) is 0. The average Bonchev–Trinajstić information content (AvgIpc) is 2.73. The largest absolute Gasteiger partial charge is 0.413 e. The van der Waals surface area contributed by atoms with E-state index in [4.69, 9.17) is 4.74 Å². The first-order valence-electron chi connectivity index (χ1n) is 8.56. The highest BCUT2D eigenvalue weighted by Gasteiger charge is 2.07. The minimum atomic E-state index is -0.696. The van der Waals surface area contributed by atoms with E-state index in [1.807, 2.05) is 36.4 Å². The van der Waals surface area contributed by atoms with Gasteiger partial charge in [-0.1, -0.05) is 36.4 Å². The Balaban J connectivity index is 1.45. The van der Waals surface area contributed by atoms with Gasteiger partial charge >= 0.3 is 6.09 Å². The molecule has 7 heteroatoms. The number of benzene rings is 3. The van der Waals surface area contributed by atoms with E-state index < -0.39 is 6.09 Å². The van der Waals surface area contributed by atoms with Crippen molar-refractivity contribution in [1.29, 1.82) is 0 Å². The molecule has 0 unspecified atom stereocenters. The number of anilines is 1. The summed E-state index contributed by atoms with van der Waals surface area (Å²) < 4.78 is 5.04. The Bertz CT molecular complexity index is 942. The van der Waals surface area contributed by atoms with E-state index in [-0.39, 0.29) is 12.5 Å². The molecule has 0 aliphatic rings. The Morgan fingerprint density at radius 3 is 1.96 bits per heavy atom. The van der Waals surface area contributed by atoms with Crippen LogP contribution in [-0.2, 0) is 4.79 Å².